The van der Waals surface area contributed by atoms with Crippen molar-refractivity contribution in [3.05, 3.63) is 29.8 Å². The zero-order chi connectivity index (χ0) is 12.3. The summed E-state index contributed by atoms with van der Waals surface area (Å²) in [4.78, 5) is 0. The lowest BCUT2D eigenvalue weighted by Gasteiger charge is -2.40. The fourth-order valence-corrected chi connectivity index (χ4v) is 2.07. The molecule has 2 rings (SSSR count). The quantitative estimate of drug-likeness (QED) is 0.839. The van der Waals surface area contributed by atoms with Gasteiger partial charge in [0.05, 0.1) is 25.9 Å². The minimum Gasteiger partial charge on any atom is -0.497 e. The van der Waals surface area contributed by atoms with Gasteiger partial charge in [0.2, 0.25) is 0 Å². The lowest BCUT2D eigenvalue weighted by Crippen LogP contribution is -2.57. The van der Waals surface area contributed by atoms with Crippen LogP contribution in [-0.4, -0.2) is 32.5 Å². The molecule has 3 atom stereocenters. The highest BCUT2D eigenvalue weighted by Crippen LogP contribution is 2.26. The van der Waals surface area contributed by atoms with Crippen molar-refractivity contribution < 1.29 is 14.2 Å². The van der Waals surface area contributed by atoms with Gasteiger partial charge in [0.1, 0.15) is 5.75 Å². The Bertz CT molecular complexity index is 369. The summed E-state index contributed by atoms with van der Waals surface area (Å²) in [6.07, 6.45) is 1.00. The zero-order valence-electron chi connectivity index (χ0n) is 10.3. The van der Waals surface area contributed by atoms with Crippen molar-refractivity contribution in [3.63, 3.8) is 0 Å². The van der Waals surface area contributed by atoms with E-state index in [0.29, 0.717) is 6.61 Å². The van der Waals surface area contributed by atoms with Gasteiger partial charge in [-0.25, -0.2) is 0 Å². The van der Waals surface area contributed by atoms with Crippen molar-refractivity contribution in [3.8, 4) is 5.75 Å². The number of benzene rings is 1. The van der Waals surface area contributed by atoms with Gasteiger partial charge < -0.3 is 19.9 Å². The van der Waals surface area contributed by atoms with E-state index in [-0.39, 0.29) is 18.2 Å². The highest BCUT2D eigenvalue weighted by Gasteiger charge is 2.39. The van der Waals surface area contributed by atoms with Gasteiger partial charge in [0.25, 0.3) is 0 Å². The van der Waals surface area contributed by atoms with Crippen LogP contribution in [0.2, 0.25) is 0 Å². The van der Waals surface area contributed by atoms with Crippen LogP contribution in [0.15, 0.2) is 24.3 Å². The van der Waals surface area contributed by atoms with Crippen LogP contribution in [0.3, 0.4) is 0 Å². The van der Waals surface area contributed by atoms with E-state index in [1.54, 1.807) is 14.2 Å². The van der Waals surface area contributed by atoms with Gasteiger partial charge in [-0.05, 0) is 24.1 Å². The Morgan fingerprint density at radius 3 is 2.82 bits per heavy atom. The van der Waals surface area contributed by atoms with Gasteiger partial charge in [-0.1, -0.05) is 12.1 Å². The summed E-state index contributed by atoms with van der Waals surface area (Å²) in [7, 11) is 3.33. The SMILES string of the molecule is COc1cccc(COC2CC(N)C2OC)c1. The summed E-state index contributed by atoms with van der Waals surface area (Å²) in [5.74, 6) is 0.847. The van der Waals surface area contributed by atoms with Crippen LogP contribution in [0.25, 0.3) is 0 Å². The molecule has 0 aliphatic heterocycles. The smallest absolute Gasteiger partial charge is 0.119 e. The van der Waals surface area contributed by atoms with Crippen molar-refractivity contribution in [2.75, 3.05) is 14.2 Å². The lowest BCUT2D eigenvalue weighted by atomic mass is 9.86. The number of hydrogen-bond acceptors (Lipinski definition) is 4. The van der Waals surface area contributed by atoms with E-state index in [9.17, 15) is 0 Å². The molecule has 1 aliphatic rings. The molecule has 0 amide bonds. The molecule has 1 aromatic carbocycles. The van der Waals surface area contributed by atoms with E-state index >= 15 is 0 Å². The Kier molecular flexibility index (Phi) is 3.99. The Balaban J connectivity index is 1.85. The topological polar surface area (TPSA) is 53.7 Å². The third-order valence-electron chi connectivity index (χ3n) is 3.16. The van der Waals surface area contributed by atoms with Crippen LogP contribution in [0.1, 0.15) is 12.0 Å². The van der Waals surface area contributed by atoms with E-state index in [1.807, 2.05) is 24.3 Å². The minimum atomic E-state index is 0.0283. The molecule has 0 spiro atoms. The van der Waals surface area contributed by atoms with Gasteiger partial charge in [-0.3, -0.25) is 0 Å². The lowest BCUT2D eigenvalue weighted by molar-refractivity contribution is -0.131. The number of nitrogens with two attached hydrogens (primary N) is 1. The number of ether oxygens (including phenoxy) is 3. The molecule has 0 heterocycles. The van der Waals surface area contributed by atoms with Crippen LogP contribution in [0, 0.1) is 0 Å². The minimum absolute atomic E-state index is 0.0283. The van der Waals surface area contributed by atoms with Gasteiger partial charge >= 0.3 is 0 Å². The molecule has 1 aromatic rings. The monoisotopic (exact) mass is 237 g/mol. The molecular formula is C13H19NO3. The molecule has 4 nitrogen and oxygen atoms in total. The maximum atomic E-state index is 5.81. The number of methoxy groups -OCH3 is 2. The zero-order valence-corrected chi connectivity index (χ0v) is 10.3. The average molecular weight is 237 g/mol. The molecule has 0 bridgehead atoms. The maximum absolute atomic E-state index is 5.81. The molecule has 1 saturated carbocycles. The first-order valence-corrected chi connectivity index (χ1v) is 5.77. The molecule has 0 radical (unpaired) electrons. The molecule has 94 valence electrons. The fraction of sp³-hybridized carbons (Fsp3) is 0.538. The first-order valence-electron chi connectivity index (χ1n) is 5.77. The fourth-order valence-electron chi connectivity index (χ4n) is 2.07. The summed E-state index contributed by atoms with van der Waals surface area (Å²) < 4.78 is 16.2. The molecule has 0 saturated heterocycles. The van der Waals surface area contributed by atoms with Gasteiger partial charge in [0, 0.05) is 13.2 Å². The Morgan fingerprint density at radius 2 is 2.18 bits per heavy atom. The molecule has 1 aliphatic carbocycles. The van der Waals surface area contributed by atoms with Gasteiger partial charge in [-0.2, -0.15) is 0 Å². The summed E-state index contributed by atoms with van der Waals surface area (Å²) >= 11 is 0. The van der Waals surface area contributed by atoms with E-state index in [1.165, 1.54) is 0 Å². The third kappa shape index (κ3) is 2.77. The summed E-state index contributed by atoms with van der Waals surface area (Å²) in [5, 5.41) is 0. The average Bonchev–Trinajstić information content (AvgIpc) is 2.35. The maximum Gasteiger partial charge on any atom is 0.119 e. The van der Waals surface area contributed by atoms with Gasteiger partial charge in [-0.15, -0.1) is 0 Å². The largest absolute Gasteiger partial charge is 0.497 e. The van der Waals surface area contributed by atoms with Crippen LogP contribution in [-0.2, 0) is 16.1 Å². The van der Waals surface area contributed by atoms with E-state index in [2.05, 4.69) is 0 Å². The van der Waals surface area contributed by atoms with Crippen LogP contribution in [0.5, 0.6) is 5.75 Å². The predicted molar refractivity (Wildman–Crippen MR) is 65.0 cm³/mol. The van der Waals surface area contributed by atoms with Crippen LogP contribution < -0.4 is 10.5 Å². The summed E-state index contributed by atoms with van der Waals surface area (Å²) in [5.41, 5.74) is 6.91. The Hall–Kier alpha value is -1.10. The standard InChI is InChI=1S/C13H19NO3/c1-15-10-5-3-4-9(6-10)8-17-12-7-11(14)13(12)16-2/h3-6,11-13H,7-8,14H2,1-2H3. The van der Waals surface area contributed by atoms with E-state index in [0.717, 1.165) is 17.7 Å². The Labute approximate surface area is 102 Å². The molecule has 0 aromatic heterocycles. The first-order chi connectivity index (χ1) is 8.24. The molecule has 2 N–H and O–H groups in total. The number of rotatable bonds is 5. The van der Waals surface area contributed by atoms with Crippen molar-refractivity contribution in [1.82, 2.24) is 0 Å². The second kappa shape index (κ2) is 5.49. The van der Waals surface area contributed by atoms with Crippen LogP contribution in [0.4, 0.5) is 0 Å². The highest BCUT2D eigenvalue weighted by molar-refractivity contribution is 5.27. The van der Waals surface area contributed by atoms with Gasteiger partial charge in [0.15, 0.2) is 0 Å². The Morgan fingerprint density at radius 1 is 1.35 bits per heavy atom. The van der Waals surface area contributed by atoms with E-state index in [4.69, 9.17) is 19.9 Å². The third-order valence-corrected chi connectivity index (χ3v) is 3.16. The molecule has 3 unspecified atom stereocenters. The normalized spacial score (nSPS) is 27.6. The number of hydrogen-bond donors (Lipinski definition) is 1. The van der Waals surface area contributed by atoms with Crippen LogP contribution >= 0.6 is 0 Å². The van der Waals surface area contributed by atoms with Crippen molar-refractivity contribution in [2.45, 2.75) is 31.3 Å². The molecular weight excluding hydrogens is 218 g/mol. The van der Waals surface area contributed by atoms with Crippen molar-refractivity contribution in [2.24, 2.45) is 5.73 Å². The van der Waals surface area contributed by atoms with Crippen molar-refractivity contribution in [1.29, 1.82) is 0 Å². The summed E-state index contributed by atoms with van der Waals surface area (Å²) in [6.45, 7) is 0.564. The highest BCUT2D eigenvalue weighted by atomic mass is 16.5. The first kappa shape index (κ1) is 12.4. The second-order valence-electron chi connectivity index (χ2n) is 4.30. The predicted octanol–water partition coefficient (Wildman–Crippen LogP) is 1.33. The molecule has 17 heavy (non-hydrogen) atoms. The van der Waals surface area contributed by atoms with Crippen molar-refractivity contribution >= 4 is 0 Å². The molecule has 4 heteroatoms. The summed E-state index contributed by atoms with van der Waals surface area (Å²) in [6, 6.07) is 7.97. The van der Waals surface area contributed by atoms with E-state index < -0.39 is 0 Å². The molecule has 1 fully saturated rings. The second-order valence-corrected chi connectivity index (χ2v) is 4.30.